The van der Waals surface area contributed by atoms with Crippen LogP contribution in [0.5, 0.6) is 5.75 Å². The highest BCUT2D eigenvalue weighted by molar-refractivity contribution is 5.88. The first-order valence-corrected chi connectivity index (χ1v) is 11.2. The highest BCUT2D eigenvalue weighted by atomic mass is 16.5. The average molecular weight is 431 g/mol. The van der Waals surface area contributed by atoms with Gasteiger partial charge in [0, 0.05) is 41.1 Å². The van der Waals surface area contributed by atoms with Gasteiger partial charge < -0.3 is 19.7 Å². The van der Waals surface area contributed by atoms with Gasteiger partial charge in [-0.1, -0.05) is 18.7 Å². The number of hydrogen-bond acceptors (Lipinski definition) is 5. The van der Waals surface area contributed by atoms with Crippen molar-refractivity contribution in [2.75, 3.05) is 26.3 Å². The summed E-state index contributed by atoms with van der Waals surface area (Å²) in [6.45, 7) is 6.77. The molecular formula is C25H26N4O3. The molecule has 7 heteroatoms. The minimum absolute atomic E-state index is 0.0130. The van der Waals surface area contributed by atoms with Crippen LogP contribution in [0, 0.1) is 5.41 Å². The third kappa shape index (κ3) is 2.95. The molecule has 1 spiro atoms. The first kappa shape index (κ1) is 19.5. The number of rotatable bonds is 4. The van der Waals surface area contributed by atoms with E-state index in [1.807, 2.05) is 17.0 Å². The minimum atomic E-state index is -0.0130. The largest absolute Gasteiger partial charge is 0.507 e. The number of aromatic amines is 1. The highest BCUT2D eigenvalue weighted by Gasteiger charge is 2.51. The van der Waals surface area contributed by atoms with Gasteiger partial charge in [-0.05, 0) is 55.0 Å². The van der Waals surface area contributed by atoms with Crippen molar-refractivity contribution in [2.24, 2.45) is 5.41 Å². The second-order valence-electron chi connectivity index (χ2n) is 9.53. The monoisotopic (exact) mass is 430 g/mol. The maximum atomic E-state index is 12.2. The molecule has 164 valence electrons. The number of nitrogens with one attached hydrogen (secondary N) is 1. The number of benzene rings is 1. The molecule has 2 N–H and O–H groups in total. The Kier molecular flexibility index (Phi) is 4.37. The van der Waals surface area contributed by atoms with Crippen molar-refractivity contribution in [3.63, 3.8) is 0 Å². The van der Waals surface area contributed by atoms with Crippen molar-refractivity contribution >= 4 is 16.9 Å². The summed E-state index contributed by atoms with van der Waals surface area (Å²) in [5.74, 6) is 0.863. The Morgan fingerprint density at radius 2 is 2.06 bits per heavy atom. The van der Waals surface area contributed by atoms with Gasteiger partial charge in [0.15, 0.2) is 5.65 Å². The van der Waals surface area contributed by atoms with Crippen molar-refractivity contribution in [3.8, 4) is 17.0 Å². The number of nitrogens with zero attached hydrogens (tertiary/aromatic N) is 3. The maximum absolute atomic E-state index is 12.2. The first-order valence-electron chi connectivity index (χ1n) is 11.2. The van der Waals surface area contributed by atoms with Crippen LogP contribution >= 0.6 is 0 Å². The van der Waals surface area contributed by atoms with E-state index in [4.69, 9.17) is 4.74 Å². The Balaban J connectivity index is 1.43. The number of hydrogen-bond donors (Lipinski definition) is 2. The zero-order valence-electron chi connectivity index (χ0n) is 17.9. The van der Waals surface area contributed by atoms with Crippen LogP contribution in [0.2, 0.25) is 0 Å². The Morgan fingerprint density at radius 1 is 1.25 bits per heavy atom. The van der Waals surface area contributed by atoms with Crippen LogP contribution < -0.4 is 0 Å². The smallest absolute Gasteiger partial charge is 0.245 e. The maximum Gasteiger partial charge on any atom is 0.245 e. The van der Waals surface area contributed by atoms with Gasteiger partial charge in [-0.15, -0.1) is 10.2 Å². The fourth-order valence-corrected chi connectivity index (χ4v) is 5.75. The molecule has 3 aromatic rings. The lowest BCUT2D eigenvalue weighted by molar-refractivity contribution is -0.164. The number of H-pyrrole nitrogens is 1. The number of ether oxygens (including phenoxy) is 1. The third-order valence-corrected chi connectivity index (χ3v) is 7.47. The fraction of sp³-hybridized carbons (Fsp3) is 0.400. The quantitative estimate of drug-likeness (QED) is 0.616. The Hall–Kier alpha value is -3.19. The first-order chi connectivity index (χ1) is 15.6. The van der Waals surface area contributed by atoms with Crippen LogP contribution in [-0.4, -0.2) is 57.4 Å². The van der Waals surface area contributed by atoms with Gasteiger partial charge in [-0.3, -0.25) is 4.79 Å². The van der Waals surface area contributed by atoms with Crippen molar-refractivity contribution in [1.29, 1.82) is 0 Å². The van der Waals surface area contributed by atoms with Gasteiger partial charge in [0.25, 0.3) is 0 Å². The average Bonchev–Trinajstić information content (AvgIpc) is 3.36. The molecule has 6 rings (SSSR count). The topological polar surface area (TPSA) is 91.3 Å². The van der Waals surface area contributed by atoms with Crippen LogP contribution in [-0.2, 0) is 9.53 Å². The van der Waals surface area contributed by atoms with Crippen LogP contribution in [0.3, 0.4) is 0 Å². The summed E-state index contributed by atoms with van der Waals surface area (Å²) < 4.78 is 5.49. The van der Waals surface area contributed by atoms with Gasteiger partial charge in [-0.2, -0.15) is 0 Å². The highest BCUT2D eigenvalue weighted by Crippen LogP contribution is 2.57. The van der Waals surface area contributed by atoms with Gasteiger partial charge in [0.1, 0.15) is 5.75 Å². The number of aromatic hydroxyl groups is 1. The van der Waals surface area contributed by atoms with E-state index in [9.17, 15) is 9.90 Å². The lowest BCUT2D eigenvalue weighted by Gasteiger charge is -2.53. The van der Waals surface area contributed by atoms with Crippen LogP contribution in [0.25, 0.3) is 22.3 Å². The van der Waals surface area contributed by atoms with Gasteiger partial charge in [0.05, 0.1) is 18.9 Å². The number of likely N-dealkylation sites (tertiary alicyclic amines) is 1. The molecule has 32 heavy (non-hydrogen) atoms. The number of phenolic OH excluding ortho intramolecular Hbond substituents is 1. The molecule has 3 aliphatic rings. The molecule has 3 fully saturated rings. The molecule has 0 radical (unpaired) electrons. The van der Waals surface area contributed by atoms with Crippen molar-refractivity contribution in [3.05, 3.63) is 54.2 Å². The molecule has 0 bridgehead atoms. The molecule has 4 heterocycles. The molecule has 1 aromatic carbocycles. The van der Waals surface area contributed by atoms with E-state index in [0.717, 1.165) is 50.1 Å². The summed E-state index contributed by atoms with van der Waals surface area (Å²) in [5, 5.41) is 20.3. The zero-order valence-corrected chi connectivity index (χ0v) is 17.9. The lowest BCUT2D eigenvalue weighted by atomic mass is 9.58. The number of carbonyl (C=O) groups is 1. The summed E-state index contributed by atoms with van der Waals surface area (Å²) >= 11 is 0. The number of aromatic nitrogens is 3. The van der Waals surface area contributed by atoms with E-state index in [2.05, 4.69) is 27.8 Å². The normalized spacial score (nSPS) is 22.1. The predicted octanol–water partition coefficient (Wildman–Crippen LogP) is 3.73. The van der Waals surface area contributed by atoms with Crippen LogP contribution in [0.15, 0.2) is 43.0 Å². The number of phenols is 1. The minimum Gasteiger partial charge on any atom is -0.507 e. The molecule has 2 aliphatic heterocycles. The van der Waals surface area contributed by atoms with E-state index in [0.29, 0.717) is 29.1 Å². The number of fused-ring (bicyclic) bond motifs is 1. The number of para-hydroxylation sites is 1. The molecule has 0 unspecified atom stereocenters. The van der Waals surface area contributed by atoms with Gasteiger partial charge >= 0.3 is 0 Å². The molecule has 1 amide bonds. The second kappa shape index (κ2) is 7.17. The number of amides is 1. The summed E-state index contributed by atoms with van der Waals surface area (Å²) in [4.78, 5) is 17.6. The van der Waals surface area contributed by atoms with E-state index in [1.54, 1.807) is 12.1 Å². The summed E-state index contributed by atoms with van der Waals surface area (Å²) in [5.41, 5.74) is 4.95. The fourth-order valence-electron chi connectivity index (χ4n) is 5.75. The van der Waals surface area contributed by atoms with Crippen molar-refractivity contribution < 1.29 is 14.6 Å². The van der Waals surface area contributed by atoms with Gasteiger partial charge in [-0.25, -0.2) is 0 Å². The SMILES string of the molecule is C=CC(=O)N1CC[C@@H](c2[nH]c3nnc(-c4ccccc4O)cc3c2C2CC3(COC3)C2)C1. The van der Waals surface area contributed by atoms with Crippen molar-refractivity contribution in [2.45, 2.75) is 31.1 Å². The summed E-state index contributed by atoms with van der Waals surface area (Å²) in [7, 11) is 0. The third-order valence-electron chi connectivity index (χ3n) is 7.47. The van der Waals surface area contributed by atoms with Crippen molar-refractivity contribution in [1.82, 2.24) is 20.1 Å². The van der Waals surface area contributed by atoms with Crippen LogP contribution in [0.1, 0.15) is 42.4 Å². The van der Waals surface area contributed by atoms with E-state index < -0.39 is 0 Å². The predicted molar refractivity (Wildman–Crippen MR) is 120 cm³/mol. The van der Waals surface area contributed by atoms with Crippen LogP contribution in [0.4, 0.5) is 0 Å². The van der Waals surface area contributed by atoms with Gasteiger partial charge in [0.2, 0.25) is 5.91 Å². The van der Waals surface area contributed by atoms with E-state index in [1.165, 1.54) is 17.3 Å². The standard InChI is InChI=1S/C25H26N4O3/c1-2-21(31)29-8-7-15(12-29)23-22(16-10-25(11-16)13-32-14-25)18-9-19(27-28-24(18)26-23)17-5-3-4-6-20(17)30/h2-6,9,15-16,30H,1,7-8,10-14H2,(H,26,28)/t15-/m1/s1. The molecule has 2 aromatic heterocycles. The Labute approximate surface area is 186 Å². The second-order valence-corrected chi connectivity index (χ2v) is 9.53. The summed E-state index contributed by atoms with van der Waals surface area (Å²) in [6.07, 6.45) is 4.54. The number of carbonyl (C=O) groups excluding carboxylic acids is 1. The Morgan fingerprint density at radius 3 is 2.78 bits per heavy atom. The summed E-state index contributed by atoms with van der Waals surface area (Å²) in [6, 6.07) is 9.27. The molecule has 2 saturated heterocycles. The van der Waals surface area contributed by atoms with E-state index in [-0.39, 0.29) is 17.6 Å². The lowest BCUT2D eigenvalue weighted by Crippen LogP contribution is -2.51. The molecule has 1 atom stereocenters. The van der Waals surface area contributed by atoms with E-state index >= 15 is 0 Å². The molecule has 1 aliphatic carbocycles. The molecular weight excluding hydrogens is 404 g/mol. The zero-order chi connectivity index (χ0) is 21.9. The molecule has 7 nitrogen and oxygen atoms in total. The molecule has 1 saturated carbocycles. The Bertz CT molecular complexity index is 1220.